The van der Waals surface area contributed by atoms with Gasteiger partial charge in [0.05, 0.1) is 17.2 Å². The Morgan fingerprint density at radius 2 is 2.00 bits per heavy atom. The molecule has 4 rings (SSSR count). The van der Waals surface area contributed by atoms with Crippen molar-refractivity contribution in [2.45, 2.75) is 0 Å². The Balaban J connectivity index is 2.42. The second-order valence-corrected chi connectivity index (χ2v) is 4.84. The number of nitrogens with zero attached hydrogens (tertiary/aromatic N) is 2. The number of thiophene rings is 1. The van der Waals surface area contributed by atoms with E-state index >= 15 is 0 Å². The van der Waals surface area contributed by atoms with Crippen molar-refractivity contribution in [3.05, 3.63) is 48.8 Å². The molecular weight excluding hydrogens is 216 g/mol. The van der Waals surface area contributed by atoms with E-state index in [0.29, 0.717) is 0 Å². The van der Waals surface area contributed by atoms with Gasteiger partial charge in [-0.15, -0.1) is 11.3 Å². The molecule has 0 saturated heterocycles. The molecule has 0 fully saturated rings. The van der Waals surface area contributed by atoms with Crippen LogP contribution in [0.3, 0.4) is 0 Å². The van der Waals surface area contributed by atoms with E-state index < -0.39 is 0 Å². The Labute approximate surface area is 95.8 Å². The lowest BCUT2D eigenvalue weighted by atomic mass is 10.2. The van der Waals surface area contributed by atoms with Gasteiger partial charge in [0.2, 0.25) is 0 Å². The smallest absolute Gasteiger partial charge is 0.141 e. The van der Waals surface area contributed by atoms with Gasteiger partial charge < -0.3 is 4.40 Å². The highest BCUT2D eigenvalue weighted by Gasteiger charge is 2.08. The molecule has 0 bridgehead atoms. The first-order valence-electron chi connectivity index (χ1n) is 5.17. The lowest BCUT2D eigenvalue weighted by Gasteiger charge is -1.97. The van der Waals surface area contributed by atoms with Gasteiger partial charge in [0, 0.05) is 16.3 Å². The average Bonchev–Trinajstić information content (AvgIpc) is 2.91. The maximum atomic E-state index is 4.52. The van der Waals surface area contributed by atoms with E-state index in [1.807, 2.05) is 6.20 Å². The van der Waals surface area contributed by atoms with Gasteiger partial charge in [0.25, 0.3) is 0 Å². The minimum atomic E-state index is 1.10. The Morgan fingerprint density at radius 3 is 3.00 bits per heavy atom. The van der Waals surface area contributed by atoms with Gasteiger partial charge in [-0.25, -0.2) is 4.98 Å². The van der Waals surface area contributed by atoms with Crippen molar-refractivity contribution in [2.24, 2.45) is 0 Å². The predicted octanol–water partition coefficient (Wildman–Crippen LogP) is 3.70. The molecule has 0 atom stereocenters. The number of hydrogen-bond donors (Lipinski definition) is 0. The molecule has 0 aliphatic heterocycles. The lowest BCUT2D eigenvalue weighted by Crippen LogP contribution is -1.84. The second kappa shape index (κ2) is 2.83. The van der Waals surface area contributed by atoms with E-state index in [1.54, 1.807) is 11.3 Å². The molecule has 0 amide bonds. The van der Waals surface area contributed by atoms with Crippen LogP contribution in [-0.2, 0) is 0 Å². The molecule has 0 N–H and O–H groups in total. The van der Waals surface area contributed by atoms with E-state index in [2.05, 4.69) is 52.0 Å². The van der Waals surface area contributed by atoms with Crippen LogP contribution >= 0.6 is 11.3 Å². The van der Waals surface area contributed by atoms with Gasteiger partial charge in [-0.1, -0.05) is 18.2 Å². The first kappa shape index (κ1) is 8.30. The Morgan fingerprint density at radius 1 is 1.06 bits per heavy atom. The molecule has 3 aromatic heterocycles. The maximum Gasteiger partial charge on any atom is 0.141 e. The zero-order valence-corrected chi connectivity index (χ0v) is 9.24. The summed E-state index contributed by atoms with van der Waals surface area (Å²) in [6.07, 6.45) is 4.02. The van der Waals surface area contributed by atoms with Crippen LogP contribution in [-0.4, -0.2) is 9.38 Å². The summed E-state index contributed by atoms with van der Waals surface area (Å²) in [5.41, 5.74) is 2.37. The summed E-state index contributed by atoms with van der Waals surface area (Å²) in [6.45, 7) is 0. The van der Waals surface area contributed by atoms with Gasteiger partial charge in [0.1, 0.15) is 4.83 Å². The third-order valence-corrected chi connectivity index (χ3v) is 3.95. The standard InChI is InChI=1S/C13H8N2S/c1-2-6-11-10(5-1)12-13(16-11)14-8-9-4-3-7-15(9)12/h1-8H. The molecule has 0 aliphatic rings. The van der Waals surface area contributed by atoms with E-state index in [4.69, 9.17) is 0 Å². The molecule has 0 aliphatic carbocycles. The number of aromatic nitrogens is 2. The first-order chi connectivity index (χ1) is 7.93. The highest BCUT2D eigenvalue weighted by molar-refractivity contribution is 7.25. The molecule has 0 unspecified atom stereocenters. The fourth-order valence-corrected chi connectivity index (χ4v) is 3.21. The Hall–Kier alpha value is -1.87. The van der Waals surface area contributed by atoms with E-state index in [9.17, 15) is 0 Å². The topological polar surface area (TPSA) is 17.3 Å². The van der Waals surface area contributed by atoms with Crippen LogP contribution in [0.25, 0.3) is 25.9 Å². The number of hydrogen-bond acceptors (Lipinski definition) is 2. The fourth-order valence-electron chi connectivity index (χ4n) is 2.17. The summed E-state index contributed by atoms with van der Waals surface area (Å²) in [4.78, 5) is 5.62. The highest BCUT2D eigenvalue weighted by atomic mass is 32.1. The van der Waals surface area contributed by atoms with Gasteiger partial charge >= 0.3 is 0 Å². The maximum absolute atomic E-state index is 4.52. The molecule has 4 aromatic rings. The number of fused-ring (bicyclic) bond motifs is 5. The van der Waals surface area contributed by atoms with Crippen molar-refractivity contribution in [2.75, 3.05) is 0 Å². The average molecular weight is 224 g/mol. The van der Waals surface area contributed by atoms with Crippen LogP contribution in [0.2, 0.25) is 0 Å². The van der Waals surface area contributed by atoms with Crippen molar-refractivity contribution < 1.29 is 0 Å². The highest BCUT2D eigenvalue weighted by Crippen LogP contribution is 2.32. The third kappa shape index (κ3) is 0.933. The predicted molar refractivity (Wildman–Crippen MR) is 68.1 cm³/mol. The fraction of sp³-hybridized carbons (Fsp3) is 0. The summed E-state index contributed by atoms with van der Waals surface area (Å²) < 4.78 is 3.51. The normalized spacial score (nSPS) is 11.8. The molecule has 3 heterocycles. The zero-order chi connectivity index (χ0) is 10.5. The summed E-state index contributed by atoms with van der Waals surface area (Å²) in [7, 11) is 0. The van der Waals surface area contributed by atoms with Crippen molar-refractivity contribution in [3.8, 4) is 0 Å². The van der Waals surface area contributed by atoms with Gasteiger partial charge in [-0.3, -0.25) is 0 Å². The van der Waals surface area contributed by atoms with Gasteiger partial charge in [-0.2, -0.15) is 0 Å². The quantitative estimate of drug-likeness (QED) is 0.445. The molecule has 0 radical (unpaired) electrons. The van der Waals surface area contributed by atoms with E-state index in [1.165, 1.54) is 15.6 Å². The van der Waals surface area contributed by atoms with E-state index in [0.717, 1.165) is 10.3 Å². The number of benzene rings is 1. The Bertz CT molecular complexity index is 810. The van der Waals surface area contributed by atoms with Crippen molar-refractivity contribution >= 4 is 37.3 Å². The molecule has 76 valence electrons. The third-order valence-electron chi connectivity index (χ3n) is 2.89. The van der Waals surface area contributed by atoms with Crippen LogP contribution in [0.1, 0.15) is 0 Å². The summed E-state index contributed by atoms with van der Waals surface area (Å²) >= 11 is 1.75. The van der Waals surface area contributed by atoms with Crippen LogP contribution in [0.15, 0.2) is 48.8 Å². The van der Waals surface area contributed by atoms with Crippen molar-refractivity contribution in [1.29, 1.82) is 0 Å². The van der Waals surface area contributed by atoms with Crippen molar-refractivity contribution in [3.63, 3.8) is 0 Å². The number of rotatable bonds is 0. The molecule has 1 aromatic carbocycles. The SMILES string of the molecule is c1ccc2c(c1)sc1ncc3cccn3c12. The largest absolute Gasteiger partial charge is 0.312 e. The minimum Gasteiger partial charge on any atom is -0.312 e. The van der Waals surface area contributed by atoms with Crippen molar-refractivity contribution in [1.82, 2.24) is 9.38 Å². The van der Waals surface area contributed by atoms with Gasteiger partial charge in [-0.05, 0) is 18.2 Å². The summed E-state index contributed by atoms with van der Waals surface area (Å²) in [5, 5.41) is 1.29. The van der Waals surface area contributed by atoms with Crippen LogP contribution < -0.4 is 0 Å². The van der Waals surface area contributed by atoms with Gasteiger partial charge in [0.15, 0.2) is 0 Å². The minimum absolute atomic E-state index is 1.10. The molecule has 2 nitrogen and oxygen atoms in total. The molecule has 3 heteroatoms. The van der Waals surface area contributed by atoms with E-state index in [-0.39, 0.29) is 0 Å². The molecular formula is C13H8N2S. The zero-order valence-electron chi connectivity index (χ0n) is 8.42. The Kier molecular flexibility index (Phi) is 1.47. The molecule has 16 heavy (non-hydrogen) atoms. The molecule has 0 saturated carbocycles. The molecule has 0 spiro atoms. The second-order valence-electron chi connectivity index (χ2n) is 3.81. The summed E-state index contributed by atoms with van der Waals surface area (Å²) in [6, 6.07) is 12.6. The summed E-state index contributed by atoms with van der Waals surface area (Å²) in [5.74, 6) is 0. The van der Waals surface area contributed by atoms with Crippen LogP contribution in [0.4, 0.5) is 0 Å². The van der Waals surface area contributed by atoms with Crippen LogP contribution in [0.5, 0.6) is 0 Å². The monoisotopic (exact) mass is 224 g/mol. The first-order valence-corrected chi connectivity index (χ1v) is 5.98. The van der Waals surface area contributed by atoms with Crippen LogP contribution in [0, 0.1) is 0 Å². The lowest BCUT2D eigenvalue weighted by molar-refractivity contribution is 1.25.